The average Bonchev–Trinajstić information content (AvgIpc) is 2.25. The molecule has 0 atom stereocenters. The maximum absolute atomic E-state index is 11.6. The van der Waals surface area contributed by atoms with Crippen LogP contribution in [0.15, 0.2) is 34.3 Å². The first-order chi connectivity index (χ1) is 7.56. The highest BCUT2D eigenvalue weighted by Gasteiger charge is 2.11. The fourth-order valence-corrected chi connectivity index (χ4v) is 1.75. The van der Waals surface area contributed by atoms with Crippen molar-refractivity contribution in [3.05, 3.63) is 29.8 Å². The molecule has 88 valence electrons. The van der Waals surface area contributed by atoms with Crippen molar-refractivity contribution in [3.63, 3.8) is 0 Å². The summed E-state index contributed by atoms with van der Waals surface area (Å²) in [6.45, 7) is 4.10. The molecular weight excluding hydrogens is 228 g/mol. The quantitative estimate of drug-likeness (QED) is 0.480. The number of hydrazone groups is 1. The van der Waals surface area contributed by atoms with Crippen LogP contribution >= 0.6 is 0 Å². The lowest BCUT2D eigenvalue weighted by molar-refractivity contribution is 0.341. The number of nitrogens with zero attached hydrogens (tertiary/aromatic N) is 1. The molecular formula is C10H14N2O3S. The Hall–Kier alpha value is -1.56. The average molecular weight is 242 g/mol. The van der Waals surface area contributed by atoms with Crippen molar-refractivity contribution < 1.29 is 13.2 Å². The summed E-state index contributed by atoms with van der Waals surface area (Å²) < 4.78 is 28.0. The molecule has 0 fully saturated rings. The van der Waals surface area contributed by atoms with Crippen LogP contribution in [0.5, 0.6) is 0 Å². The highest BCUT2D eigenvalue weighted by Crippen LogP contribution is 2.09. The van der Waals surface area contributed by atoms with E-state index in [1.165, 1.54) is 12.1 Å². The fourth-order valence-electron chi connectivity index (χ4n) is 0.973. The van der Waals surface area contributed by atoms with E-state index in [1.807, 2.05) is 11.8 Å². The highest BCUT2D eigenvalue weighted by molar-refractivity contribution is 7.89. The number of rotatable bonds is 5. The molecule has 1 aromatic carbocycles. The van der Waals surface area contributed by atoms with Gasteiger partial charge < -0.3 is 4.74 Å². The third-order valence-electron chi connectivity index (χ3n) is 1.80. The minimum absolute atomic E-state index is 0.173. The van der Waals surface area contributed by atoms with Crippen molar-refractivity contribution >= 4 is 16.4 Å². The van der Waals surface area contributed by atoms with Crippen molar-refractivity contribution in [1.82, 2.24) is 4.83 Å². The van der Waals surface area contributed by atoms with E-state index in [4.69, 9.17) is 4.74 Å². The lowest BCUT2D eigenvalue weighted by Crippen LogP contribution is -2.18. The molecule has 0 spiro atoms. The van der Waals surface area contributed by atoms with E-state index in [0.29, 0.717) is 6.61 Å². The zero-order valence-corrected chi connectivity index (χ0v) is 9.99. The Bertz CT molecular complexity index is 451. The molecule has 0 heterocycles. The van der Waals surface area contributed by atoms with Gasteiger partial charge in [-0.2, -0.15) is 13.2 Å². The summed E-state index contributed by atoms with van der Waals surface area (Å²) in [7, 11) is -3.59. The standard InChI is InChI=1S/C10H14N2O3S/c1-3-15-8-11-12-16(13,14)10-6-4-9(2)5-7-10/h4-8,12H,3H2,1-2H3/b11-8+. The van der Waals surface area contributed by atoms with Gasteiger partial charge in [0.1, 0.15) is 0 Å². The summed E-state index contributed by atoms with van der Waals surface area (Å²) >= 11 is 0. The van der Waals surface area contributed by atoms with Crippen LogP contribution in [-0.2, 0) is 14.8 Å². The molecule has 1 N–H and O–H groups in total. The Kier molecular flexibility index (Phi) is 4.30. The third kappa shape index (κ3) is 3.54. The first-order valence-corrected chi connectivity index (χ1v) is 6.26. The predicted octanol–water partition coefficient (Wildman–Crippen LogP) is 1.25. The zero-order chi connectivity index (χ0) is 12.0. The largest absolute Gasteiger partial charge is 0.482 e. The van der Waals surface area contributed by atoms with Crippen LogP contribution in [0.3, 0.4) is 0 Å². The van der Waals surface area contributed by atoms with Crippen LogP contribution < -0.4 is 4.83 Å². The molecule has 1 rings (SSSR count). The van der Waals surface area contributed by atoms with Crippen molar-refractivity contribution in [1.29, 1.82) is 0 Å². The van der Waals surface area contributed by atoms with E-state index in [9.17, 15) is 8.42 Å². The van der Waals surface area contributed by atoms with Gasteiger partial charge in [-0.1, -0.05) is 17.7 Å². The SMILES string of the molecule is CCO/C=N/NS(=O)(=O)c1ccc(C)cc1. The van der Waals surface area contributed by atoms with Gasteiger partial charge in [-0.3, -0.25) is 0 Å². The van der Waals surface area contributed by atoms with Crippen LogP contribution in [0.1, 0.15) is 12.5 Å². The van der Waals surface area contributed by atoms with E-state index in [1.54, 1.807) is 19.1 Å². The number of nitrogens with one attached hydrogen (secondary N) is 1. The molecule has 6 heteroatoms. The minimum Gasteiger partial charge on any atom is -0.482 e. The topological polar surface area (TPSA) is 67.8 Å². The molecule has 0 aliphatic carbocycles. The molecule has 0 aromatic heterocycles. The van der Waals surface area contributed by atoms with Gasteiger partial charge in [0.05, 0.1) is 11.5 Å². The lowest BCUT2D eigenvalue weighted by Gasteiger charge is -2.03. The number of aryl methyl sites for hydroxylation is 1. The predicted molar refractivity (Wildman–Crippen MR) is 61.6 cm³/mol. The Labute approximate surface area is 95.2 Å². The van der Waals surface area contributed by atoms with Gasteiger partial charge in [0.25, 0.3) is 10.0 Å². The molecule has 0 radical (unpaired) electrons. The molecule has 16 heavy (non-hydrogen) atoms. The molecule has 1 aromatic rings. The normalized spacial score (nSPS) is 11.6. The number of sulfonamides is 1. The van der Waals surface area contributed by atoms with Crippen molar-refractivity contribution in [2.45, 2.75) is 18.7 Å². The number of benzene rings is 1. The van der Waals surface area contributed by atoms with Crippen LogP contribution in [0.4, 0.5) is 0 Å². The van der Waals surface area contributed by atoms with E-state index in [0.717, 1.165) is 12.0 Å². The summed E-state index contributed by atoms with van der Waals surface area (Å²) in [4.78, 5) is 2.22. The van der Waals surface area contributed by atoms with Gasteiger partial charge in [-0.25, -0.2) is 0 Å². The Morgan fingerprint density at radius 2 is 2.00 bits per heavy atom. The first-order valence-electron chi connectivity index (χ1n) is 4.78. The Balaban J connectivity index is 2.74. The minimum atomic E-state index is -3.59. The molecule has 0 saturated heterocycles. The molecule has 0 bridgehead atoms. The van der Waals surface area contributed by atoms with Crippen molar-refractivity contribution in [2.75, 3.05) is 6.61 Å². The fraction of sp³-hybridized carbons (Fsp3) is 0.300. The molecule has 0 amide bonds. The van der Waals surface area contributed by atoms with Crippen LogP contribution in [0.2, 0.25) is 0 Å². The van der Waals surface area contributed by atoms with Gasteiger partial charge in [0.2, 0.25) is 0 Å². The molecule has 0 aliphatic heterocycles. The third-order valence-corrected chi connectivity index (χ3v) is 3.04. The van der Waals surface area contributed by atoms with Crippen LogP contribution in [0, 0.1) is 6.92 Å². The molecule has 5 nitrogen and oxygen atoms in total. The van der Waals surface area contributed by atoms with Gasteiger partial charge >= 0.3 is 0 Å². The van der Waals surface area contributed by atoms with Gasteiger partial charge in [0, 0.05) is 0 Å². The van der Waals surface area contributed by atoms with Gasteiger partial charge in [-0.15, -0.1) is 5.10 Å². The monoisotopic (exact) mass is 242 g/mol. The smallest absolute Gasteiger partial charge is 0.276 e. The van der Waals surface area contributed by atoms with E-state index >= 15 is 0 Å². The van der Waals surface area contributed by atoms with E-state index in [-0.39, 0.29) is 4.90 Å². The maximum atomic E-state index is 11.6. The Morgan fingerprint density at radius 3 is 2.56 bits per heavy atom. The van der Waals surface area contributed by atoms with E-state index in [2.05, 4.69) is 5.10 Å². The molecule has 0 saturated carbocycles. The number of hydrogen-bond acceptors (Lipinski definition) is 4. The van der Waals surface area contributed by atoms with Gasteiger partial charge in [0.15, 0.2) is 6.40 Å². The summed E-state index contributed by atoms with van der Waals surface area (Å²) in [5.74, 6) is 0. The Morgan fingerprint density at radius 1 is 1.38 bits per heavy atom. The highest BCUT2D eigenvalue weighted by atomic mass is 32.2. The zero-order valence-electron chi connectivity index (χ0n) is 9.17. The second kappa shape index (κ2) is 5.50. The van der Waals surface area contributed by atoms with E-state index < -0.39 is 10.0 Å². The summed E-state index contributed by atoms with van der Waals surface area (Å²) in [6, 6.07) is 6.49. The summed E-state index contributed by atoms with van der Waals surface area (Å²) in [5.41, 5.74) is 0.997. The first kappa shape index (κ1) is 12.5. The summed E-state index contributed by atoms with van der Waals surface area (Å²) in [5, 5.41) is 3.45. The van der Waals surface area contributed by atoms with Crippen LogP contribution in [0.25, 0.3) is 0 Å². The van der Waals surface area contributed by atoms with Crippen molar-refractivity contribution in [3.8, 4) is 0 Å². The second-order valence-electron chi connectivity index (χ2n) is 3.10. The van der Waals surface area contributed by atoms with Gasteiger partial charge in [-0.05, 0) is 26.0 Å². The number of ether oxygens (including phenoxy) is 1. The molecule has 0 unspecified atom stereocenters. The second-order valence-corrected chi connectivity index (χ2v) is 4.76. The lowest BCUT2D eigenvalue weighted by atomic mass is 10.2. The summed E-state index contributed by atoms with van der Waals surface area (Å²) in [6.07, 6.45) is 1.06. The maximum Gasteiger partial charge on any atom is 0.276 e. The number of hydrogen-bond donors (Lipinski definition) is 1. The van der Waals surface area contributed by atoms with Crippen molar-refractivity contribution in [2.24, 2.45) is 5.10 Å². The molecule has 0 aliphatic rings. The van der Waals surface area contributed by atoms with Crippen LogP contribution in [-0.4, -0.2) is 21.4 Å².